The molecule has 1 aromatic carbocycles. The second kappa shape index (κ2) is 9.01. The van der Waals surface area contributed by atoms with Crippen LogP contribution in [0.25, 0.3) is 0 Å². The first-order valence-corrected chi connectivity index (χ1v) is 5.43. The summed E-state index contributed by atoms with van der Waals surface area (Å²) in [5, 5.41) is 26.7. The molecule has 0 fully saturated rings. The Hall–Kier alpha value is -1.99. The van der Waals surface area contributed by atoms with Crippen molar-refractivity contribution >= 4 is 11.9 Å². The Morgan fingerprint density at radius 1 is 1.26 bits per heavy atom. The van der Waals surface area contributed by atoms with E-state index in [1.165, 1.54) is 6.07 Å². The van der Waals surface area contributed by atoms with Gasteiger partial charge in [-0.05, 0) is 13.0 Å². The summed E-state index contributed by atoms with van der Waals surface area (Å²) in [7, 11) is 0. The Labute approximate surface area is 109 Å². The van der Waals surface area contributed by atoms with Crippen LogP contribution in [0.15, 0.2) is 24.3 Å². The zero-order valence-corrected chi connectivity index (χ0v) is 10.3. The number of rotatable bonds is 4. The van der Waals surface area contributed by atoms with Gasteiger partial charge >= 0.3 is 11.9 Å². The SMILES string of the molecule is CC(O)CNCc1ccccc1F.O=C(O)C(=O)O. The van der Waals surface area contributed by atoms with Crippen LogP contribution in [0.2, 0.25) is 0 Å². The molecule has 0 spiro atoms. The number of carboxylic acid groups (broad SMARTS) is 2. The Morgan fingerprint density at radius 3 is 2.21 bits per heavy atom. The zero-order valence-electron chi connectivity index (χ0n) is 10.3. The molecule has 1 unspecified atom stereocenters. The van der Waals surface area contributed by atoms with Crippen molar-refractivity contribution in [2.45, 2.75) is 19.6 Å². The third-order valence-corrected chi connectivity index (χ3v) is 1.90. The number of halogens is 1. The number of hydrogen-bond donors (Lipinski definition) is 4. The van der Waals surface area contributed by atoms with E-state index in [0.717, 1.165) is 0 Å². The van der Waals surface area contributed by atoms with Crippen molar-refractivity contribution in [3.05, 3.63) is 35.6 Å². The number of nitrogens with one attached hydrogen (secondary N) is 1. The highest BCUT2D eigenvalue weighted by molar-refractivity contribution is 6.27. The average molecular weight is 273 g/mol. The highest BCUT2D eigenvalue weighted by Crippen LogP contribution is 2.05. The van der Waals surface area contributed by atoms with Gasteiger partial charge in [-0.3, -0.25) is 0 Å². The van der Waals surface area contributed by atoms with Crippen molar-refractivity contribution in [2.24, 2.45) is 0 Å². The highest BCUT2D eigenvalue weighted by Gasteiger charge is 2.04. The van der Waals surface area contributed by atoms with Gasteiger partial charge in [-0.2, -0.15) is 0 Å². The lowest BCUT2D eigenvalue weighted by Crippen LogP contribution is -2.24. The molecule has 0 amide bonds. The van der Waals surface area contributed by atoms with Crippen LogP contribution in [0.3, 0.4) is 0 Å². The van der Waals surface area contributed by atoms with Gasteiger partial charge in [0.05, 0.1) is 6.10 Å². The van der Waals surface area contributed by atoms with E-state index in [2.05, 4.69) is 5.32 Å². The van der Waals surface area contributed by atoms with E-state index in [1.807, 2.05) is 0 Å². The first kappa shape index (κ1) is 17.0. The fourth-order valence-electron chi connectivity index (χ4n) is 1.06. The average Bonchev–Trinajstić information content (AvgIpc) is 2.32. The number of aliphatic hydroxyl groups excluding tert-OH is 1. The quantitative estimate of drug-likeness (QED) is 0.593. The van der Waals surface area contributed by atoms with Gasteiger partial charge in [0.25, 0.3) is 0 Å². The molecule has 0 radical (unpaired) electrons. The molecule has 7 heteroatoms. The summed E-state index contributed by atoms with van der Waals surface area (Å²) in [6.07, 6.45) is -0.397. The second-order valence-electron chi connectivity index (χ2n) is 3.68. The zero-order chi connectivity index (χ0) is 14.8. The second-order valence-corrected chi connectivity index (χ2v) is 3.68. The van der Waals surface area contributed by atoms with Crippen LogP contribution < -0.4 is 5.32 Å². The van der Waals surface area contributed by atoms with Crippen molar-refractivity contribution in [2.75, 3.05) is 6.54 Å². The molecule has 19 heavy (non-hydrogen) atoms. The summed E-state index contributed by atoms with van der Waals surface area (Å²) >= 11 is 0. The summed E-state index contributed by atoms with van der Waals surface area (Å²) in [6.45, 7) is 2.63. The maximum Gasteiger partial charge on any atom is 0.414 e. The Bertz CT molecular complexity index is 410. The molecular weight excluding hydrogens is 257 g/mol. The number of aliphatic hydroxyl groups is 1. The first-order valence-electron chi connectivity index (χ1n) is 5.43. The Morgan fingerprint density at radius 2 is 1.79 bits per heavy atom. The number of benzene rings is 1. The molecule has 1 rings (SSSR count). The van der Waals surface area contributed by atoms with Gasteiger partial charge in [0.1, 0.15) is 5.82 Å². The van der Waals surface area contributed by atoms with Crippen molar-refractivity contribution in [1.82, 2.24) is 5.32 Å². The molecular formula is C12H16FNO5. The van der Waals surface area contributed by atoms with Gasteiger partial charge in [-0.1, -0.05) is 18.2 Å². The van der Waals surface area contributed by atoms with E-state index < -0.39 is 18.0 Å². The molecule has 6 nitrogen and oxygen atoms in total. The van der Waals surface area contributed by atoms with Crippen LogP contribution in [-0.2, 0) is 16.1 Å². The maximum atomic E-state index is 13.0. The number of carbonyl (C=O) groups is 2. The van der Waals surface area contributed by atoms with Crippen molar-refractivity contribution in [3.63, 3.8) is 0 Å². The van der Waals surface area contributed by atoms with Crippen LogP contribution in [0.4, 0.5) is 4.39 Å². The van der Waals surface area contributed by atoms with Gasteiger partial charge in [-0.15, -0.1) is 0 Å². The summed E-state index contributed by atoms with van der Waals surface area (Å²) in [5.41, 5.74) is 0.628. The fourth-order valence-corrected chi connectivity index (χ4v) is 1.06. The van der Waals surface area contributed by atoms with Crippen LogP contribution >= 0.6 is 0 Å². The Kier molecular flexibility index (Phi) is 8.07. The number of aliphatic carboxylic acids is 2. The molecule has 106 valence electrons. The molecule has 0 heterocycles. The van der Waals surface area contributed by atoms with E-state index in [9.17, 15) is 4.39 Å². The lowest BCUT2D eigenvalue weighted by atomic mass is 10.2. The molecule has 0 aromatic heterocycles. The molecule has 1 aromatic rings. The molecule has 0 aliphatic heterocycles. The lowest BCUT2D eigenvalue weighted by molar-refractivity contribution is -0.159. The minimum Gasteiger partial charge on any atom is -0.473 e. The topological polar surface area (TPSA) is 107 Å². The summed E-state index contributed by atoms with van der Waals surface area (Å²) in [5.74, 6) is -3.86. The predicted octanol–water partition coefficient (Wildman–Crippen LogP) is 0.452. The summed E-state index contributed by atoms with van der Waals surface area (Å²) in [4.78, 5) is 18.2. The largest absolute Gasteiger partial charge is 0.473 e. The first-order chi connectivity index (χ1) is 8.84. The standard InChI is InChI=1S/C10H14FNO.C2H2O4/c1-8(13)6-12-7-9-4-2-3-5-10(9)11;3-1(4)2(5)6/h2-5,8,12-13H,6-7H2,1H3;(H,3,4)(H,5,6). The monoisotopic (exact) mass is 273 g/mol. The number of carboxylic acids is 2. The Balaban J connectivity index is 0.000000459. The van der Waals surface area contributed by atoms with E-state index >= 15 is 0 Å². The third-order valence-electron chi connectivity index (χ3n) is 1.90. The lowest BCUT2D eigenvalue weighted by Gasteiger charge is -2.07. The molecule has 0 aliphatic rings. The molecule has 0 saturated heterocycles. The normalized spacial score (nSPS) is 11.1. The van der Waals surface area contributed by atoms with Crippen LogP contribution in [0.1, 0.15) is 12.5 Å². The summed E-state index contributed by atoms with van der Waals surface area (Å²) < 4.78 is 13.0. The minimum atomic E-state index is -1.82. The summed E-state index contributed by atoms with van der Waals surface area (Å²) in [6, 6.07) is 6.61. The van der Waals surface area contributed by atoms with Crippen LogP contribution in [-0.4, -0.2) is 39.9 Å². The van der Waals surface area contributed by atoms with E-state index in [-0.39, 0.29) is 5.82 Å². The third kappa shape index (κ3) is 8.70. The van der Waals surface area contributed by atoms with Crippen molar-refractivity contribution < 1.29 is 29.3 Å². The van der Waals surface area contributed by atoms with Gasteiger partial charge in [0.15, 0.2) is 0 Å². The molecule has 0 aliphatic carbocycles. The van der Waals surface area contributed by atoms with Gasteiger partial charge in [0.2, 0.25) is 0 Å². The van der Waals surface area contributed by atoms with Crippen molar-refractivity contribution in [3.8, 4) is 0 Å². The molecule has 1 atom stereocenters. The molecule has 4 N–H and O–H groups in total. The van der Waals surface area contributed by atoms with E-state index in [0.29, 0.717) is 18.7 Å². The predicted molar refractivity (Wildman–Crippen MR) is 65.1 cm³/mol. The number of hydrogen-bond acceptors (Lipinski definition) is 4. The minimum absolute atomic E-state index is 0.208. The smallest absolute Gasteiger partial charge is 0.414 e. The van der Waals surface area contributed by atoms with Crippen LogP contribution in [0.5, 0.6) is 0 Å². The van der Waals surface area contributed by atoms with Gasteiger partial charge in [-0.25, -0.2) is 14.0 Å². The van der Waals surface area contributed by atoms with E-state index in [4.69, 9.17) is 24.9 Å². The van der Waals surface area contributed by atoms with E-state index in [1.54, 1.807) is 25.1 Å². The highest BCUT2D eigenvalue weighted by atomic mass is 19.1. The molecule has 0 bridgehead atoms. The molecule has 0 saturated carbocycles. The maximum absolute atomic E-state index is 13.0. The van der Waals surface area contributed by atoms with Gasteiger partial charge < -0.3 is 20.6 Å². The van der Waals surface area contributed by atoms with Crippen LogP contribution in [0, 0.1) is 5.82 Å². The van der Waals surface area contributed by atoms with Crippen molar-refractivity contribution in [1.29, 1.82) is 0 Å². The van der Waals surface area contributed by atoms with Gasteiger partial charge in [0, 0.05) is 18.7 Å². The fraction of sp³-hybridized carbons (Fsp3) is 0.333.